The van der Waals surface area contributed by atoms with Gasteiger partial charge in [-0.15, -0.1) is 0 Å². The van der Waals surface area contributed by atoms with Crippen molar-refractivity contribution in [2.24, 2.45) is 11.1 Å². The number of rotatable bonds is 5. The molecular weight excluding hydrogens is 537 g/mol. The van der Waals surface area contributed by atoms with Crippen LogP contribution in [0, 0.1) is 5.41 Å². The third kappa shape index (κ3) is 6.83. The lowest BCUT2D eigenvalue weighted by atomic mass is 9.73. The molecule has 208 valence electrons. The van der Waals surface area contributed by atoms with Crippen LogP contribution in [0.5, 0.6) is 0 Å². The minimum atomic E-state index is -4.61. The number of carbonyl (C=O) groups is 2. The van der Waals surface area contributed by atoms with E-state index in [9.17, 15) is 27.6 Å². The number of nitrogens with two attached hydrogens (primary N) is 1. The topological polar surface area (TPSA) is 139 Å². The number of nitrogens with one attached hydrogen (secondary N) is 1. The Hall–Kier alpha value is -3.73. The summed E-state index contributed by atoms with van der Waals surface area (Å²) >= 11 is 6.22. The zero-order valence-electron chi connectivity index (χ0n) is 21.3. The molecule has 1 aromatic heterocycles. The Morgan fingerprint density at radius 1 is 1.08 bits per heavy atom. The molecule has 1 saturated carbocycles. The molecule has 0 bridgehead atoms. The molecule has 1 fully saturated rings. The number of aromatic nitrogens is 3. The summed E-state index contributed by atoms with van der Waals surface area (Å²) in [5.74, 6) is -1.48. The van der Waals surface area contributed by atoms with Crippen LogP contribution >= 0.6 is 11.6 Å². The predicted octanol–water partition coefficient (Wildman–Crippen LogP) is 5.96. The highest BCUT2D eigenvalue weighted by atomic mass is 35.5. The van der Waals surface area contributed by atoms with E-state index in [0.717, 1.165) is 11.1 Å². The number of carbonyl (C=O) groups excluding carboxylic acids is 1. The normalized spacial score (nSPS) is 14.8. The summed E-state index contributed by atoms with van der Waals surface area (Å²) in [6, 6.07) is 12.2. The molecule has 1 heterocycles. The molecule has 39 heavy (non-hydrogen) atoms. The molecule has 4 N–H and O–H groups in total. The lowest BCUT2D eigenvalue weighted by Crippen LogP contribution is -2.46. The number of benzene rings is 2. The highest BCUT2D eigenvalue weighted by Gasteiger charge is 2.60. The molecule has 0 radical (unpaired) electrons. The Morgan fingerprint density at radius 3 is 2.28 bits per heavy atom. The van der Waals surface area contributed by atoms with Gasteiger partial charge in [0.2, 0.25) is 5.91 Å². The molecule has 1 aliphatic rings. The quantitative estimate of drug-likeness (QED) is 0.349. The van der Waals surface area contributed by atoms with Crippen molar-refractivity contribution in [3.8, 4) is 22.8 Å². The first kappa shape index (κ1) is 29.8. The summed E-state index contributed by atoms with van der Waals surface area (Å²) in [6.45, 7) is 4.16. The highest BCUT2D eigenvalue weighted by Crippen LogP contribution is 2.49. The van der Waals surface area contributed by atoms with Crippen LogP contribution in [-0.4, -0.2) is 38.1 Å². The molecule has 12 heteroatoms. The molecule has 1 aliphatic carbocycles. The van der Waals surface area contributed by atoms with Gasteiger partial charge in [-0.1, -0.05) is 62.9 Å². The van der Waals surface area contributed by atoms with Gasteiger partial charge in [-0.2, -0.15) is 18.2 Å². The van der Waals surface area contributed by atoms with Crippen LogP contribution in [-0.2, 0) is 4.79 Å². The maximum Gasteiger partial charge on any atom is 0.404 e. The number of halogens is 4. The van der Waals surface area contributed by atoms with E-state index in [2.05, 4.69) is 28.8 Å². The maximum atomic E-state index is 12.5. The van der Waals surface area contributed by atoms with Gasteiger partial charge < -0.3 is 10.8 Å². The van der Waals surface area contributed by atoms with Crippen LogP contribution < -0.4 is 11.4 Å². The number of H-pyrrole nitrogens is 1. The van der Waals surface area contributed by atoms with E-state index in [4.69, 9.17) is 22.4 Å². The third-order valence-electron chi connectivity index (χ3n) is 6.63. The average Bonchev–Trinajstić information content (AvgIpc) is 2.88. The van der Waals surface area contributed by atoms with Crippen LogP contribution in [0.2, 0.25) is 5.02 Å². The first-order valence-corrected chi connectivity index (χ1v) is 12.6. The van der Waals surface area contributed by atoms with E-state index in [0.29, 0.717) is 35.8 Å². The second-order valence-electron chi connectivity index (χ2n) is 9.61. The van der Waals surface area contributed by atoms with E-state index in [1.54, 1.807) is 0 Å². The Balaban J connectivity index is 0.000000272. The first-order valence-electron chi connectivity index (χ1n) is 12.2. The van der Waals surface area contributed by atoms with Gasteiger partial charge in [0.15, 0.2) is 11.2 Å². The van der Waals surface area contributed by atoms with Gasteiger partial charge in [-0.05, 0) is 48.6 Å². The van der Waals surface area contributed by atoms with Crippen molar-refractivity contribution in [1.29, 1.82) is 0 Å². The molecule has 4 rings (SSSR count). The third-order valence-corrected chi connectivity index (χ3v) is 6.96. The van der Waals surface area contributed by atoms with Crippen LogP contribution in [0.25, 0.3) is 22.8 Å². The Bertz CT molecular complexity index is 1420. The fourth-order valence-corrected chi connectivity index (χ4v) is 4.52. The number of amides is 1. The number of hydrogen-bond acceptors (Lipinski definition) is 5. The largest absolute Gasteiger partial charge is 0.481 e. The van der Waals surface area contributed by atoms with Crippen LogP contribution in [0.1, 0.15) is 67.8 Å². The second-order valence-corrected chi connectivity index (χ2v) is 10.0. The molecule has 0 atom stereocenters. The Morgan fingerprint density at radius 2 is 1.74 bits per heavy atom. The molecule has 2 aromatic carbocycles. The number of nitrogens with zero attached hydrogens (tertiary/aromatic N) is 2. The van der Waals surface area contributed by atoms with Crippen molar-refractivity contribution in [1.82, 2.24) is 15.0 Å². The predicted molar refractivity (Wildman–Crippen MR) is 140 cm³/mol. The minimum Gasteiger partial charge on any atom is -0.481 e. The van der Waals surface area contributed by atoms with Crippen molar-refractivity contribution in [3.63, 3.8) is 0 Å². The summed E-state index contributed by atoms with van der Waals surface area (Å²) < 4.78 is 37.4. The van der Waals surface area contributed by atoms with Gasteiger partial charge >= 0.3 is 17.8 Å². The zero-order valence-corrected chi connectivity index (χ0v) is 22.1. The maximum absolute atomic E-state index is 12.5. The van der Waals surface area contributed by atoms with E-state index >= 15 is 0 Å². The molecule has 0 saturated heterocycles. The molecule has 0 spiro atoms. The summed E-state index contributed by atoms with van der Waals surface area (Å²) in [4.78, 5) is 45.1. The van der Waals surface area contributed by atoms with Crippen molar-refractivity contribution in [2.45, 2.75) is 58.0 Å². The number of aromatic amines is 1. The lowest BCUT2D eigenvalue weighted by Gasteiger charge is -2.34. The average molecular weight is 565 g/mol. The summed E-state index contributed by atoms with van der Waals surface area (Å²) in [6.07, 6.45) is -3.75. The minimum absolute atomic E-state index is 0.225. The van der Waals surface area contributed by atoms with Gasteiger partial charge in [-0.25, -0.2) is 9.78 Å². The summed E-state index contributed by atoms with van der Waals surface area (Å²) in [5, 5.41) is 8.94. The second kappa shape index (κ2) is 12.0. The molecule has 3 aromatic rings. The number of hydrogen-bond donors (Lipinski definition) is 3. The number of carboxylic acid groups (broad SMARTS) is 1. The van der Waals surface area contributed by atoms with Crippen LogP contribution in [0.4, 0.5) is 13.2 Å². The lowest BCUT2D eigenvalue weighted by molar-refractivity contribution is -0.239. The van der Waals surface area contributed by atoms with Gasteiger partial charge in [0.25, 0.3) is 0 Å². The molecular formula is C27H28ClF3N4O4. The van der Waals surface area contributed by atoms with Crippen LogP contribution in [0.15, 0.2) is 47.3 Å². The van der Waals surface area contributed by atoms with E-state index in [1.165, 1.54) is 18.2 Å². The fraction of sp³-hybridized carbons (Fsp3) is 0.370. The molecule has 0 unspecified atom stereocenters. The van der Waals surface area contributed by atoms with Crippen molar-refractivity contribution < 1.29 is 27.9 Å². The Labute approximate surface area is 227 Å². The van der Waals surface area contributed by atoms with Gasteiger partial charge in [0, 0.05) is 16.7 Å². The fourth-order valence-electron chi connectivity index (χ4n) is 4.31. The molecule has 0 aliphatic heterocycles. The SMILES string of the molecule is CC(C)c1cccc(-c2nc(-c3cc(C(N)=O)ccc3Cl)[nH]c(=O)n2)c1.O=C(O)C1(C(F)(F)F)CCCCC1. The smallest absolute Gasteiger partial charge is 0.404 e. The monoisotopic (exact) mass is 564 g/mol. The van der Waals surface area contributed by atoms with Gasteiger partial charge in [0.05, 0.1) is 5.02 Å². The molecule has 8 nitrogen and oxygen atoms in total. The Kier molecular flexibility index (Phi) is 9.16. The number of aliphatic carboxylic acids is 1. The van der Waals surface area contributed by atoms with E-state index in [1.807, 2.05) is 24.3 Å². The van der Waals surface area contributed by atoms with E-state index in [-0.39, 0.29) is 30.1 Å². The van der Waals surface area contributed by atoms with Crippen molar-refractivity contribution in [2.75, 3.05) is 0 Å². The summed E-state index contributed by atoms with van der Waals surface area (Å²) in [5.41, 5.74) is 4.81. The van der Waals surface area contributed by atoms with E-state index < -0.39 is 29.2 Å². The standard InChI is InChI=1S/C19H17ClN4O2.C8H11F3O2/c1-10(2)11-4-3-5-13(8-11)17-22-18(24-19(26)23-17)14-9-12(16(21)25)6-7-15(14)20;9-8(10,11)7(6(12)13)4-2-1-3-5-7/h3-10H,1-2H3,(H2,21,25)(H,22,23,24,26);1-5H2,(H,12,13). The van der Waals surface area contributed by atoms with Crippen molar-refractivity contribution in [3.05, 3.63) is 69.1 Å². The summed E-state index contributed by atoms with van der Waals surface area (Å²) in [7, 11) is 0. The number of carboxylic acids is 1. The number of alkyl halides is 3. The number of primary amides is 1. The van der Waals surface area contributed by atoms with Gasteiger partial charge in [0.1, 0.15) is 5.82 Å². The van der Waals surface area contributed by atoms with Gasteiger partial charge in [-0.3, -0.25) is 14.6 Å². The van der Waals surface area contributed by atoms with Crippen LogP contribution in [0.3, 0.4) is 0 Å². The highest BCUT2D eigenvalue weighted by molar-refractivity contribution is 6.33. The first-order chi connectivity index (χ1) is 18.2. The molecule has 1 amide bonds. The van der Waals surface area contributed by atoms with Crippen molar-refractivity contribution >= 4 is 23.5 Å². The zero-order chi connectivity index (χ0) is 29.0.